The fraction of sp³-hybridized carbons (Fsp3) is 0.136. The summed E-state index contributed by atoms with van der Waals surface area (Å²) in [5.41, 5.74) is 1.83. The second kappa shape index (κ2) is 10.1. The highest BCUT2D eigenvalue weighted by Gasteiger charge is 2.14. The van der Waals surface area contributed by atoms with E-state index in [4.69, 9.17) is 21.7 Å². The lowest BCUT2D eigenvalue weighted by Gasteiger charge is -2.14. The molecule has 0 saturated heterocycles. The summed E-state index contributed by atoms with van der Waals surface area (Å²) in [6, 6.07) is 20.4. The zero-order valence-corrected chi connectivity index (χ0v) is 18.7. The van der Waals surface area contributed by atoms with E-state index in [1.807, 2.05) is 31.2 Å². The van der Waals surface area contributed by atoms with E-state index in [1.54, 1.807) is 43.5 Å². The smallest absolute Gasteiger partial charge is 0.261 e. The number of anilines is 3. The largest absolute Gasteiger partial charge is 0.497 e. The number of sulfonamides is 1. The maximum absolute atomic E-state index is 12.6. The molecule has 0 spiro atoms. The Balaban J connectivity index is 1.64. The van der Waals surface area contributed by atoms with Gasteiger partial charge >= 0.3 is 0 Å². The zero-order chi connectivity index (χ0) is 22.3. The second-order valence-electron chi connectivity index (χ2n) is 6.37. The van der Waals surface area contributed by atoms with Crippen LogP contribution in [0.2, 0.25) is 0 Å². The third-order valence-corrected chi connectivity index (χ3v) is 5.80. The average Bonchev–Trinajstić information content (AvgIpc) is 2.76. The number of hydrogen-bond acceptors (Lipinski definition) is 5. The molecule has 3 N–H and O–H groups in total. The maximum atomic E-state index is 12.6. The first kappa shape index (κ1) is 22.4. The average molecular weight is 458 g/mol. The van der Waals surface area contributed by atoms with Gasteiger partial charge in [-0.1, -0.05) is 12.1 Å². The van der Waals surface area contributed by atoms with Crippen molar-refractivity contribution in [2.75, 3.05) is 29.1 Å². The van der Waals surface area contributed by atoms with E-state index >= 15 is 0 Å². The molecular formula is C22H23N3O4S2. The van der Waals surface area contributed by atoms with Crippen molar-refractivity contribution in [3.63, 3.8) is 0 Å². The molecule has 3 aromatic rings. The monoisotopic (exact) mass is 457 g/mol. The number of thiocarbonyl (C=S) groups is 1. The Bertz CT molecular complexity index is 1130. The number of hydrogen-bond donors (Lipinski definition) is 3. The van der Waals surface area contributed by atoms with Crippen LogP contribution in [0.4, 0.5) is 17.1 Å². The molecule has 0 aromatic heterocycles. The van der Waals surface area contributed by atoms with Gasteiger partial charge < -0.3 is 20.1 Å². The Morgan fingerprint density at radius 2 is 1.55 bits per heavy atom. The van der Waals surface area contributed by atoms with Crippen LogP contribution in [-0.4, -0.2) is 27.2 Å². The van der Waals surface area contributed by atoms with Gasteiger partial charge in [0.25, 0.3) is 10.0 Å². The van der Waals surface area contributed by atoms with E-state index in [2.05, 4.69) is 15.4 Å². The van der Waals surface area contributed by atoms with Gasteiger partial charge in [-0.25, -0.2) is 8.42 Å². The lowest BCUT2D eigenvalue weighted by molar-refractivity contribution is 0.342. The Morgan fingerprint density at radius 1 is 0.903 bits per heavy atom. The van der Waals surface area contributed by atoms with E-state index < -0.39 is 10.0 Å². The molecule has 31 heavy (non-hydrogen) atoms. The van der Waals surface area contributed by atoms with Crippen LogP contribution in [0.5, 0.6) is 11.5 Å². The summed E-state index contributed by atoms with van der Waals surface area (Å²) >= 11 is 5.36. The molecule has 9 heteroatoms. The van der Waals surface area contributed by atoms with Gasteiger partial charge in [-0.05, 0) is 79.8 Å². The lowest BCUT2D eigenvalue weighted by atomic mass is 10.3. The second-order valence-corrected chi connectivity index (χ2v) is 8.46. The van der Waals surface area contributed by atoms with Gasteiger partial charge in [0.1, 0.15) is 11.5 Å². The molecule has 0 aliphatic rings. The minimum absolute atomic E-state index is 0.134. The minimum Gasteiger partial charge on any atom is -0.497 e. The molecule has 0 aliphatic carbocycles. The topological polar surface area (TPSA) is 88.7 Å². The van der Waals surface area contributed by atoms with Crippen LogP contribution in [0.25, 0.3) is 0 Å². The van der Waals surface area contributed by atoms with Gasteiger partial charge in [-0.2, -0.15) is 0 Å². The fourth-order valence-electron chi connectivity index (χ4n) is 2.73. The number of nitrogens with one attached hydrogen (secondary N) is 3. The van der Waals surface area contributed by atoms with Crippen LogP contribution < -0.4 is 24.8 Å². The molecule has 0 saturated carbocycles. The van der Waals surface area contributed by atoms with E-state index in [0.29, 0.717) is 34.6 Å². The van der Waals surface area contributed by atoms with Crippen molar-refractivity contribution in [2.45, 2.75) is 11.8 Å². The number of methoxy groups -OCH3 is 1. The van der Waals surface area contributed by atoms with Crippen molar-refractivity contribution in [3.8, 4) is 11.5 Å². The molecule has 0 heterocycles. The van der Waals surface area contributed by atoms with E-state index in [1.165, 1.54) is 12.1 Å². The SMILES string of the molecule is CCOc1ccccc1NC(=S)Nc1ccc(S(=O)(=O)Nc2ccc(OC)cc2)cc1. The molecule has 0 radical (unpaired) electrons. The first-order valence-electron chi connectivity index (χ1n) is 9.48. The number of benzene rings is 3. The highest BCUT2D eigenvalue weighted by Crippen LogP contribution is 2.24. The molecule has 0 fully saturated rings. The van der Waals surface area contributed by atoms with Gasteiger partial charge in [0.2, 0.25) is 0 Å². The van der Waals surface area contributed by atoms with Crippen LogP contribution in [0.1, 0.15) is 6.92 Å². The van der Waals surface area contributed by atoms with Gasteiger partial charge in [-0.3, -0.25) is 4.72 Å². The van der Waals surface area contributed by atoms with E-state index in [9.17, 15) is 8.42 Å². The van der Waals surface area contributed by atoms with Crippen molar-refractivity contribution in [1.29, 1.82) is 0 Å². The van der Waals surface area contributed by atoms with Crippen molar-refractivity contribution in [2.24, 2.45) is 0 Å². The Kier molecular flexibility index (Phi) is 7.32. The molecule has 0 atom stereocenters. The molecule has 0 amide bonds. The fourth-order valence-corrected chi connectivity index (χ4v) is 4.01. The quantitative estimate of drug-likeness (QED) is 0.422. The molecular weight excluding hydrogens is 434 g/mol. The summed E-state index contributed by atoms with van der Waals surface area (Å²) in [7, 11) is -2.17. The first-order chi connectivity index (χ1) is 14.9. The molecule has 0 aliphatic heterocycles. The molecule has 162 valence electrons. The zero-order valence-electron chi connectivity index (χ0n) is 17.1. The van der Waals surface area contributed by atoms with Gasteiger partial charge in [0.05, 0.1) is 24.3 Å². The van der Waals surface area contributed by atoms with Crippen molar-refractivity contribution in [3.05, 3.63) is 72.8 Å². The Labute approximate surface area is 187 Å². The molecule has 0 bridgehead atoms. The van der Waals surface area contributed by atoms with E-state index in [-0.39, 0.29) is 4.90 Å². The van der Waals surface area contributed by atoms with Gasteiger partial charge in [0.15, 0.2) is 5.11 Å². The Morgan fingerprint density at radius 3 is 2.19 bits per heavy atom. The molecule has 0 unspecified atom stereocenters. The summed E-state index contributed by atoms with van der Waals surface area (Å²) in [6.45, 7) is 2.45. The van der Waals surface area contributed by atoms with Crippen LogP contribution >= 0.6 is 12.2 Å². The summed E-state index contributed by atoms with van der Waals surface area (Å²) in [6.07, 6.45) is 0. The van der Waals surface area contributed by atoms with Crippen LogP contribution in [0, 0.1) is 0 Å². The summed E-state index contributed by atoms with van der Waals surface area (Å²) < 4.78 is 38.4. The summed E-state index contributed by atoms with van der Waals surface area (Å²) in [5.74, 6) is 1.34. The standard InChI is InChI=1S/C22H23N3O4S2/c1-3-29-21-7-5-4-6-20(21)24-22(30)23-16-10-14-19(15-11-16)31(26,27)25-17-8-12-18(28-2)13-9-17/h4-15,25H,3H2,1-2H3,(H2,23,24,30). The summed E-state index contributed by atoms with van der Waals surface area (Å²) in [5, 5.41) is 6.48. The third kappa shape index (κ3) is 6.09. The van der Waals surface area contributed by atoms with Crippen molar-refractivity contribution >= 4 is 44.4 Å². The predicted octanol–water partition coefficient (Wildman–Crippen LogP) is 4.70. The Hall–Kier alpha value is -3.30. The van der Waals surface area contributed by atoms with Crippen LogP contribution in [0.3, 0.4) is 0 Å². The molecule has 3 rings (SSSR count). The normalized spacial score (nSPS) is 10.8. The molecule has 7 nitrogen and oxygen atoms in total. The van der Waals surface area contributed by atoms with Crippen molar-refractivity contribution < 1.29 is 17.9 Å². The maximum Gasteiger partial charge on any atom is 0.261 e. The third-order valence-electron chi connectivity index (χ3n) is 4.20. The highest BCUT2D eigenvalue weighted by atomic mass is 32.2. The van der Waals surface area contributed by atoms with E-state index in [0.717, 1.165) is 5.69 Å². The number of para-hydroxylation sites is 2. The van der Waals surface area contributed by atoms with Crippen LogP contribution in [-0.2, 0) is 10.0 Å². The number of rotatable bonds is 8. The molecule has 3 aromatic carbocycles. The predicted molar refractivity (Wildman–Crippen MR) is 128 cm³/mol. The summed E-state index contributed by atoms with van der Waals surface area (Å²) in [4.78, 5) is 0.134. The minimum atomic E-state index is -3.72. The van der Waals surface area contributed by atoms with Crippen LogP contribution in [0.15, 0.2) is 77.7 Å². The van der Waals surface area contributed by atoms with Gasteiger partial charge in [-0.15, -0.1) is 0 Å². The number of ether oxygens (including phenoxy) is 2. The van der Waals surface area contributed by atoms with Crippen molar-refractivity contribution in [1.82, 2.24) is 0 Å². The first-order valence-corrected chi connectivity index (χ1v) is 11.4. The highest BCUT2D eigenvalue weighted by molar-refractivity contribution is 7.92. The lowest BCUT2D eigenvalue weighted by Crippen LogP contribution is -2.19. The van der Waals surface area contributed by atoms with Gasteiger partial charge in [0, 0.05) is 11.4 Å².